The SMILES string of the molecule is CC(C)N=c1ccccn1C(=O)CN1C(=O)c2ccccc2C1=O. The van der Waals surface area contributed by atoms with Gasteiger partial charge in [-0.1, -0.05) is 18.2 Å². The summed E-state index contributed by atoms with van der Waals surface area (Å²) in [7, 11) is 0. The monoisotopic (exact) mass is 323 g/mol. The van der Waals surface area contributed by atoms with Crippen LogP contribution in [-0.2, 0) is 0 Å². The molecular formula is C18H17N3O3. The minimum Gasteiger partial charge on any atom is -0.272 e. The number of hydrogen-bond acceptors (Lipinski definition) is 4. The molecule has 0 unspecified atom stereocenters. The van der Waals surface area contributed by atoms with Gasteiger partial charge in [-0.05, 0) is 38.1 Å². The third-order valence-corrected chi connectivity index (χ3v) is 3.67. The third-order valence-electron chi connectivity index (χ3n) is 3.67. The van der Waals surface area contributed by atoms with Crippen molar-refractivity contribution in [1.82, 2.24) is 9.47 Å². The molecule has 0 spiro atoms. The highest BCUT2D eigenvalue weighted by molar-refractivity contribution is 6.22. The summed E-state index contributed by atoms with van der Waals surface area (Å²) in [6.07, 6.45) is 1.59. The molecule has 0 aliphatic carbocycles. The van der Waals surface area contributed by atoms with Gasteiger partial charge in [0, 0.05) is 12.2 Å². The van der Waals surface area contributed by atoms with Crippen molar-refractivity contribution in [1.29, 1.82) is 0 Å². The normalized spacial score (nSPS) is 14.5. The van der Waals surface area contributed by atoms with E-state index in [1.807, 2.05) is 13.8 Å². The summed E-state index contributed by atoms with van der Waals surface area (Å²) in [6, 6.07) is 11.8. The summed E-state index contributed by atoms with van der Waals surface area (Å²) in [4.78, 5) is 42.7. The van der Waals surface area contributed by atoms with E-state index < -0.39 is 11.8 Å². The Morgan fingerprint density at radius 3 is 2.17 bits per heavy atom. The second-order valence-corrected chi connectivity index (χ2v) is 5.79. The lowest BCUT2D eigenvalue weighted by molar-refractivity contribution is 0.0603. The number of hydrogen-bond donors (Lipinski definition) is 0. The van der Waals surface area contributed by atoms with Gasteiger partial charge < -0.3 is 0 Å². The van der Waals surface area contributed by atoms with E-state index in [4.69, 9.17) is 0 Å². The van der Waals surface area contributed by atoms with Gasteiger partial charge in [0.05, 0.1) is 11.1 Å². The van der Waals surface area contributed by atoms with Crippen LogP contribution in [-0.4, -0.2) is 39.8 Å². The quantitative estimate of drug-likeness (QED) is 0.808. The molecule has 2 heterocycles. The molecule has 1 aromatic carbocycles. The molecule has 1 aliphatic rings. The molecule has 0 bridgehead atoms. The Balaban J connectivity index is 1.90. The van der Waals surface area contributed by atoms with Gasteiger partial charge in [-0.3, -0.25) is 28.8 Å². The van der Waals surface area contributed by atoms with Gasteiger partial charge in [0.2, 0.25) is 0 Å². The first kappa shape index (κ1) is 15.9. The fourth-order valence-corrected chi connectivity index (χ4v) is 2.61. The highest BCUT2D eigenvalue weighted by Gasteiger charge is 2.36. The maximum atomic E-state index is 12.6. The standard InChI is InChI=1S/C18H17N3O3/c1-12(2)19-15-9-5-6-10-20(15)16(22)11-21-17(23)13-7-3-4-8-14(13)18(21)24/h3-10,12H,11H2,1-2H3. The van der Waals surface area contributed by atoms with E-state index >= 15 is 0 Å². The van der Waals surface area contributed by atoms with Crippen molar-refractivity contribution >= 4 is 17.7 Å². The van der Waals surface area contributed by atoms with E-state index in [0.29, 0.717) is 16.6 Å². The Bertz CT molecular complexity index is 861. The Morgan fingerprint density at radius 2 is 1.58 bits per heavy atom. The first-order chi connectivity index (χ1) is 11.5. The molecule has 0 saturated carbocycles. The number of nitrogens with zero attached hydrogens (tertiary/aromatic N) is 3. The number of fused-ring (bicyclic) bond motifs is 1. The highest BCUT2D eigenvalue weighted by Crippen LogP contribution is 2.22. The Kier molecular flexibility index (Phi) is 4.12. The molecule has 0 N–H and O–H groups in total. The molecular weight excluding hydrogens is 306 g/mol. The molecule has 6 heteroatoms. The maximum Gasteiger partial charge on any atom is 0.262 e. The average Bonchev–Trinajstić information content (AvgIpc) is 2.80. The Labute approximate surface area is 139 Å². The molecule has 0 fully saturated rings. The van der Waals surface area contributed by atoms with Crippen LogP contribution in [0.15, 0.2) is 53.7 Å². The molecule has 24 heavy (non-hydrogen) atoms. The van der Waals surface area contributed by atoms with Crippen LogP contribution in [0.2, 0.25) is 0 Å². The van der Waals surface area contributed by atoms with E-state index in [1.165, 1.54) is 4.57 Å². The fourth-order valence-electron chi connectivity index (χ4n) is 2.61. The first-order valence-electron chi connectivity index (χ1n) is 7.69. The fraction of sp³-hybridized carbons (Fsp3) is 0.222. The lowest BCUT2D eigenvalue weighted by Crippen LogP contribution is -2.40. The van der Waals surface area contributed by atoms with Crippen molar-refractivity contribution in [2.45, 2.75) is 19.9 Å². The molecule has 3 rings (SSSR count). The number of amides is 2. The van der Waals surface area contributed by atoms with E-state index in [0.717, 1.165) is 4.90 Å². The second kappa shape index (κ2) is 6.23. The molecule has 0 atom stereocenters. The predicted molar refractivity (Wildman–Crippen MR) is 87.6 cm³/mol. The van der Waals surface area contributed by atoms with Crippen LogP contribution in [0.4, 0.5) is 0 Å². The number of aromatic nitrogens is 1. The molecule has 0 radical (unpaired) electrons. The summed E-state index contributed by atoms with van der Waals surface area (Å²) in [6.45, 7) is 3.50. The largest absolute Gasteiger partial charge is 0.272 e. The van der Waals surface area contributed by atoms with Gasteiger partial charge in [-0.2, -0.15) is 0 Å². The Morgan fingerprint density at radius 1 is 1.00 bits per heavy atom. The lowest BCUT2D eigenvalue weighted by Gasteiger charge is -2.14. The minimum absolute atomic E-state index is 0.0192. The number of benzene rings is 1. The van der Waals surface area contributed by atoms with Gasteiger partial charge in [0.15, 0.2) is 0 Å². The van der Waals surface area contributed by atoms with Gasteiger partial charge in [0.1, 0.15) is 12.0 Å². The summed E-state index contributed by atoms with van der Waals surface area (Å²) in [5.74, 6) is -1.27. The van der Waals surface area contributed by atoms with Crippen LogP contribution in [0, 0.1) is 0 Å². The molecule has 122 valence electrons. The summed E-state index contributed by atoms with van der Waals surface area (Å²) < 4.78 is 1.36. The zero-order valence-corrected chi connectivity index (χ0v) is 13.5. The van der Waals surface area contributed by atoms with Crippen molar-refractivity contribution in [2.24, 2.45) is 4.99 Å². The molecule has 0 saturated heterocycles. The van der Waals surface area contributed by atoms with E-state index in [9.17, 15) is 14.4 Å². The molecule has 1 aliphatic heterocycles. The summed E-state index contributed by atoms with van der Waals surface area (Å²) in [5.41, 5.74) is 1.16. The van der Waals surface area contributed by atoms with Crippen LogP contribution in [0.25, 0.3) is 0 Å². The van der Waals surface area contributed by atoms with Gasteiger partial charge in [-0.15, -0.1) is 0 Å². The van der Waals surface area contributed by atoms with Gasteiger partial charge in [-0.25, -0.2) is 0 Å². The van der Waals surface area contributed by atoms with Crippen molar-refractivity contribution in [2.75, 3.05) is 6.54 Å². The number of imide groups is 1. The zero-order valence-electron chi connectivity index (χ0n) is 13.5. The first-order valence-corrected chi connectivity index (χ1v) is 7.69. The number of pyridine rings is 1. The van der Waals surface area contributed by atoms with Gasteiger partial charge in [0.25, 0.3) is 17.7 Å². The van der Waals surface area contributed by atoms with Crippen molar-refractivity contribution in [3.05, 3.63) is 65.3 Å². The van der Waals surface area contributed by atoms with E-state index in [-0.39, 0.29) is 18.5 Å². The van der Waals surface area contributed by atoms with Crippen LogP contribution in [0.3, 0.4) is 0 Å². The average molecular weight is 323 g/mol. The molecule has 2 aromatic rings. The summed E-state index contributed by atoms with van der Waals surface area (Å²) >= 11 is 0. The van der Waals surface area contributed by atoms with Crippen molar-refractivity contribution in [3.8, 4) is 0 Å². The third kappa shape index (κ3) is 2.78. The lowest BCUT2D eigenvalue weighted by atomic mass is 10.1. The highest BCUT2D eigenvalue weighted by atomic mass is 16.2. The van der Waals surface area contributed by atoms with Crippen molar-refractivity contribution < 1.29 is 14.4 Å². The maximum absolute atomic E-state index is 12.6. The minimum atomic E-state index is -0.442. The number of carbonyl (C=O) groups is 3. The predicted octanol–water partition coefficient (Wildman–Crippen LogP) is 1.73. The zero-order chi connectivity index (χ0) is 17.3. The number of carbonyl (C=O) groups excluding carboxylic acids is 3. The van der Waals surface area contributed by atoms with Crippen LogP contribution in [0.5, 0.6) is 0 Å². The molecule has 6 nitrogen and oxygen atoms in total. The van der Waals surface area contributed by atoms with Gasteiger partial charge >= 0.3 is 0 Å². The van der Waals surface area contributed by atoms with Crippen LogP contribution < -0.4 is 5.49 Å². The Hall–Kier alpha value is -3.02. The van der Waals surface area contributed by atoms with E-state index in [1.54, 1.807) is 48.7 Å². The summed E-state index contributed by atoms with van der Waals surface area (Å²) in [5, 5.41) is 0. The molecule has 1 aromatic heterocycles. The molecule has 2 amide bonds. The van der Waals surface area contributed by atoms with Crippen molar-refractivity contribution in [3.63, 3.8) is 0 Å². The van der Waals surface area contributed by atoms with Crippen LogP contribution in [0.1, 0.15) is 39.4 Å². The number of rotatable bonds is 3. The second-order valence-electron chi connectivity index (χ2n) is 5.79. The smallest absolute Gasteiger partial charge is 0.262 e. The van der Waals surface area contributed by atoms with E-state index in [2.05, 4.69) is 4.99 Å². The van der Waals surface area contributed by atoms with Crippen LogP contribution >= 0.6 is 0 Å². The topological polar surface area (TPSA) is 71.7 Å².